The van der Waals surface area contributed by atoms with Gasteiger partial charge >= 0.3 is 0 Å². The van der Waals surface area contributed by atoms with Gasteiger partial charge in [-0.15, -0.1) is 0 Å². The quantitative estimate of drug-likeness (QED) is 0.481. The van der Waals surface area contributed by atoms with Crippen LogP contribution in [-0.4, -0.2) is 79.4 Å². The van der Waals surface area contributed by atoms with Gasteiger partial charge in [0.15, 0.2) is 0 Å². The minimum atomic E-state index is -1.26. The third kappa shape index (κ3) is 5.73. The molecule has 1 N–H and O–H groups in total. The standard InChI is InChI=1S/C26H37N7O3S/c1-18(2)31-9-5-19(6-10-31)16-32-17-20(14-28-32)25-22-7-11-36-12-8-24(22)33(29-25)21-13-23(30-37(4)34)26(35-3)27-15-21/h13-15,17-19,30H,5-12,16H2,1-4H3. The number of hydrogen-bond donors (Lipinski definition) is 1. The van der Waals surface area contributed by atoms with Crippen molar-refractivity contribution in [3.8, 4) is 22.8 Å². The van der Waals surface area contributed by atoms with E-state index >= 15 is 0 Å². The number of pyridine rings is 1. The van der Waals surface area contributed by atoms with Crippen LogP contribution in [0.1, 0.15) is 37.9 Å². The summed E-state index contributed by atoms with van der Waals surface area (Å²) in [6, 6.07) is 2.49. The number of fused-ring (bicyclic) bond motifs is 1. The first kappa shape index (κ1) is 25.9. The minimum absolute atomic E-state index is 0.390. The lowest BCUT2D eigenvalue weighted by Gasteiger charge is -2.34. The van der Waals surface area contributed by atoms with E-state index in [-0.39, 0.29) is 0 Å². The highest BCUT2D eigenvalue weighted by Gasteiger charge is 2.25. The average molecular weight is 528 g/mol. The van der Waals surface area contributed by atoms with Crippen molar-refractivity contribution in [2.45, 2.75) is 52.1 Å². The highest BCUT2D eigenvalue weighted by atomic mass is 32.2. The van der Waals surface area contributed by atoms with Crippen LogP contribution in [-0.2, 0) is 35.1 Å². The van der Waals surface area contributed by atoms with Crippen molar-refractivity contribution >= 4 is 16.7 Å². The summed E-state index contributed by atoms with van der Waals surface area (Å²) in [5, 5.41) is 9.77. The molecule has 2 aliphatic rings. The number of nitrogens with zero attached hydrogens (tertiary/aromatic N) is 6. The van der Waals surface area contributed by atoms with Crippen molar-refractivity contribution in [2.24, 2.45) is 5.92 Å². The van der Waals surface area contributed by atoms with Gasteiger partial charge in [0.2, 0.25) is 5.88 Å². The Labute approximate surface area is 220 Å². The summed E-state index contributed by atoms with van der Waals surface area (Å²) in [4.78, 5) is 6.99. The van der Waals surface area contributed by atoms with Gasteiger partial charge < -0.3 is 19.1 Å². The molecule has 5 heterocycles. The summed E-state index contributed by atoms with van der Waals surface area (Å²) >= 11 is 0. The van der Waals surface area contributed by atoms with Crippen LogP contribution < -0.4 is 9.46 Å². The van der Waals surface area contributed by atoms with Crippen LogP contribution in [0.4, 0.5) is 5.69 Å². The van der Waals surface area contributed by atoms with Gasteiger partial charge in [0.25, 0.3) is 0 Å². The molecule has 1 fully saturated rings. The highest BCUT2D eigenvalue weighted by Crippen LogP contribution is 2.32. The molecule has 3 aromatic rings. The predicted octanol–water partition coefficient (Wildman–Crippen LogP) is 3.08. The number of ether oxygens (including phenoxy) is 2. The number of aromatic nitrogens is 5. The van der Waals surface area contributed by atoms with E-state index in [2.05, 4.69) is 39.3 Å². The van der Waals surface area contributed by atoms with E-state index in [4.69, 9.17) is 19.7 Å². The summed E-state index contributed by atoms with van der Waals surface area (Å²) < 4.78 is 30.0. The number of hydrogen-bond acceptors (Lipinski definition) is 7. The molecule has 5 rings (SSSR count). The second-order valence-electron chi connectivity index (χ2n) is 10.1. The van der Waals surface area contributed by atoms with Gasteiger partial charge in [-0.25, -0.2) is 13.9 Å². The van der Waals surface area contributed by atoms with Crippen LogP contribution >= 0.6 is 0 Å². The second kappa shape index (κ2) is 11.3. The van der Waals surface area contributed by atoms with Crippen molar-refractivity contribution in [1.29, 1.82) is 0 Å². The molecule has 0 aromatic carbocycles. The molecule has 11 heteroatoms. The zero-order valence-corrected chi connectivity index (χ0v) is 23.0. The Balaban J connectivity index is 1.43. The first-order valence-electron chi connectivity index (χ1n) is 13.0. The molecule has 0 saturated carbocycles. The molecule has 0 spiro atoms. The fourth-order valence-corrected chi connectivity index (χ4v) is 5.80. The predicted molar refractivity (Wildman–Crippen MR) is 144 cm³/mol. The summed E-state index contributed by atoms with van der Waals surface area (Å²) in [5.41, 5.74) is 5.59. The Morgan fingerprint density at radius 2 is 2.00 bits per heavy atom. The fraction of sp³-hybridized carbons (Fsp3) is 0.577. The molecule has 0 amide bonds. The van der Waals surface area contributed by atoms with Crippen LogP contribution in [0.15, 0.2) is 24.7 Å². The van der Waals surface area contributed by atoms with Gasteiger partial charge in [0, 0.05) is 42.6 Å². The summed E-state index contributed by atoms with van der Waals surface area (Å²) in [7, 11) is 0.287. The van der Waals surface area contributed by atoms with Gasteiger partial charge in [-0.2, -0.15) is 10.2 Å². The molecule has 3 aromatic heterocycles. The molecule has 2 aliphatic heterocycles. The van der Waals surface area contributed by atoms with E-state index in [0.29, 0.717) is 36.7 Å². The minimum Gasteiger partial charge on any atom is -0.479 e. The molecular weight excluding hydrogens is 490 g/mol. The second-order valence-corrected chi connectivity index (χ2v) is 11.2. The number of nitrogens with one attached hydrogen (secondary N) is 1. The molecule has 0 bridgehead atoms. The molecule has 1 saturated heterocycles. The average Bonchev–Trinajstić information content (AvgIpc) is 3.40. The number of rotatable bonds is 8. The fourth-order valence-electron chi connectivity index (χ4n) is 5.35. The maximum absolute atomic E-state index is 11.9. The van der Waals surface area contributed by atoms with E-state index in [1.807, 2.05) is 16.9 Å². The lowest BCUT2D eigenvalue weighted by atomic mass is 9.96. The van der Waals surface area contributed by atoms with Gasteiger partial charge in [0.1, 0.15) is 16.7 Å². The summed E-state index contributed by atoms with van der Waals surface area (Å²) in [6.45, 7) is 9.11. The summed E-state index contributed by atoms with van der Waals surface area (Å²) in [6.07, 6.45) is 11.3. The van der Waals surface area contributed by atoms with Crippen molar-refractivity contribution in [3.05, 3.63) is 35.9 Å². The molecule has 10 nitrogen and oxygen atoms in total. The van der Waals surface area contributed by atoms with Crippen LogP contribution in [0.25, 0.3) is 16.9 Å². The van der Waals surface area contributed by atoms with Crippen LogP contribution in [0.2, 0.25) is 0 Å². The third-order valence-corrected chi connectivity index (χ3v) is 7.84. The first-order valence-corrected chi connectivity index (χ1v) is 14.6. The largest absolute Gasteiger partial charge is 0.479 e. The number of anilines is 1. The Morgan fingerprint density at radius 1 is 1.22 bits per heavy atom. The lowest BCUT2D eigenvalue weighted by Crippen LogP contribution is -2.39. The first-order chi connectivity index (χ1) is 17.9. The Morgan fingerprint density at radius 3 is 2.73 bits per heavy atom. The molecule has 37 heavy (non-hydrogen) atoms. The van der Waals surface area contributed by atoms with E-state index in [1.54, 1.807) is 19.6 Å². The number of piperidine rings is 1. The molecule has 1 unspecified atom stereocenters. The SMILES string of the molecule is COc1ncc(-n2nc(-c3cnn(CC4CCN(C(C)C)CC4)c3)c3c2CCOCC3)cc1NS(C)=O. The molecule has 1 atom stereocenters. The van der Waals surface area contributed by atoms with Crippen molar-refractivity contribution in [3.63, 3.8) is 0 Å². The van der Waals surface area contributed by atoms with Gasteiger partial charge in [-0.3, -0.25) is 4.68 Å². The van der Waals surface area contributed by atoms with Crippen molar-refractivity contribution in [2.75, 3.05) is 44.4 Å². The monoisotopic (exact) mass is 527 g/mol. The normalized spacial score (nSPS) is 18.0. The van der Waals surface area contributed by atoms with Crippen LogP contribution in [0, 0.1) is 5.92 Å². The lowest BCUT2D eigenvalue weighted by molar-refractivity contribution is 0.140. The molecule has 200 valence electrons. The van der Waals surface area contributed by atoms with Crippen molar-refractivity contribution in [1.82, 2.24) is 29.4 Å². The van der Waals surface area contributed by atoms with Gasteiger partial charge in [-0.1, -0.05) is 0 Å². The summed E-state index contributed by atoms with van der Waals surface area (Å²) in [5.74, 6) is 1.03. The van der Waals surface area contributed by atoms with E-state index in [9.17, 15) is 4.21 Å². The van der Waals surface area contributed by atoms with E-state index in [1.165, 1.54) is 18.4 Å². The topological polar surface area (TPSA) is 99.3 Å². The van der Waals surface area contributed by atoms with Gasteiger partial charge in [-0.05, 0) is 58.2 Å². The zero-order valence-electron chi connectivity index (χ0n) is 22.1. The maximum Gasteiger partial charge on any atom is 0.238 e. The molecule has 0 aliphatic carbocycles. The number of likely N-dealkylation sites (tertiary alicyclic amines) is 1. The van der Waals surface area contributed by atoms with Crippen LogP contribution in [0.3, 0.4) is 0 Å². The van der Waals surface area contributed by atoms with Crippen molar-refractivity contribution < 1.29 is 13.7 Å². The van der Waals surface area contributed by atoms with E-state index in [0.717, 1.165) is 55.1 Å². The molecular formula is C26H37N7O3S. The van der Waals surface area contributed by atoms with E-state index < -0.39 is 11.0 Å². The zero-order chi connectivity index (χ0) is 25.9. The van der Waals surface area contributed by atoms with Gasteiger partial charge in [0.05, 0.1) is 49.8 Å². The Hall–Kier alpha value is -2.76. The highest BCUT2D eigenvalue weighted by molar-refractivity contribution is 7.85. The third-order valence-electron chi connectivity index (χ3n) is 7.33. The Bertz CT molecular complexity index is 1250. The maximum atomic E-state index is 11.9. The molecule has 0 radical (unpaired) electrons. The Kier molecular flexibility index (Phi) is 7.92. The smallest absolute Gasteiger partial charge is 0.238 e. The van der Waals surface area contributed by atoms with Crippen LogP contribution in [0.5, 0.6) is 5.88 Å². The number of methoxy groups -OCH3 is 1.